The molecule has 0 radical (unpaired) electrons. The largest absolute Gasteiger partial charge is 0.416 e. The standard InChI is InChI=1S/C29H32F6N4O2/c1-20-6-2-3-7-24(20)39-19-38(15-14-36-10-4-5-11-36)26(41)27(39)8-12-37(13-9-27)25(40)21-16-22(28(30,31)32)18-23(17-21)29(33,34)35/h2-3,6-7,16-18H,4-5,8-15,19H2,1H3. The van der Waals surface area contributed by atoms with Crippen molar-refractivity contribution in [2.45, 2.75) is 50.5 Å². The molecule has 3 heterocycles. The molecule has 3 aliphatic rings. The van der Waals surface area contributed by atoms with Gasteiger partial charge in [-0.1, -0.05) is 18.2 Å². The van der Waals surface area contributed by atoms with E-state index in [1.807, 2.05) is 36.1 Å². The minimum atomic E-state index is -5.05. The molecule has 3 aliphatic heterocycles. The fourth-order valence-corrected chi connectivity index (χ4v) is 6.22. The average Bonchev–Trinajstić information content (AvgIpc) is 3.54. The van der Waals surface area contributed by atoms with Crippen molar-refractivity contribution in [2.24, 2.45) is 0 Å². The van der Waals surface area contributed by atoms with Gasteiger partial charge in [0.25, 0.3) is 5.91 Å². The molecular weight excluding hydrogens is 550 g/mol. The van der Waals surface area contributed by atoms with Gasteiger partial charge in [0.05, 0.1) is 17.8 Å². The number of carbonyl (C=O) groups is 2. The minimum absolute atomic E-state index is 0.00990. The van der Waals surface area contributed by atoms with Gasteiger partial charge >= 0.3 is 12.4 Å². The molecule has 1 spiro atoms. The zero-order valence-electron chi connectivity index (χ0n) is 22.7. The Morgan fingerprint density at radius 3 is 2.00 bits per heavy atom. The second kappa shape index (κ2) is 10.8. The second-order valence-electron chi connectivity index (χ2n) is 11.1. The Labute approximate surface area is 234 Å². The third-order valence-corrected chi connectivity index (χ3v) is 8.52. The fourth-order valence-electron chi connectivity index (χ4n) is 6.22. The summed E-state index contributed by atoms with van der Waals surface area (Å²) in [4.78, 5) is 34.6. The quantitative estimate of drug-likeness (QED) is 0.443. The third kappa shape index (κ3) is 5.75. The monoisotopic (exact) mass is 582 g/mol. The first-order chi connectivity index (χ1) is 19.3. The molecule has 0 N–H and O–H groups in total. The van der Waals surface area contributed by atoms with E-state index in [1.165, 1.54) is 4.90 Å². The maximum Gasteiger partial charge on any atom is 0.416 e. The van der Waals surface area contributed by atoms with Gasteiger partial charge in [0, 0.05) is 37.4 Å². The highest BCUT2D eigenvalue weighted by atomic mass is 19.4. The number of hydrogen-bond donors (Lipinski definition) is 0. The topological polar surface area (TPSA) is 47.1 Å². The van der Waals surface area contributed by atoms with Gasteiger partial charge in [0.15, 0.2) is 0 Å². The van der Waals surface area contributed by atoms with Crippen LogP contribution >= 0.6 is 0 Å². The summed E-state index contributed by atoms with van der Waals surface area (Å²) in [5, 5.41) is 0. The zero-order valence-corrected chi connectivity index (χ0v) is 22.7. The van der Waals surface area contributed by atoms with Crippen LogP contribution in [-0.4, -0.2) is 78.0 Å². The summed E-state index contributed by atoms with van der Waals surface area (Å²) >= 11 is 0. The summed E-state index contributed by atoms with van der Waals surface area (Å²) in [5.74, 6) is -0.985. The average molecular weight is 583 g/mol. The van der Waals surface area contributed by atoms with Crippen LogP contribution < -0.4 is 4.90 Å². The maximum absolute atomic E-state index is 14.0. The Kier molecular flexibility index (Phi) is 7.73. The Balaban J connectivity index is 1.39. The number of anilines is 1. The highest BCUT2D eigenvalue weighted by Crippen LogP contribution is 2.41. The highest BCUT2D eigenvalue weighted by Gasteiger charge is 2.54. The van der Waals surface area contributed by atoms with Gasteiger partial charge in [-0.3, -0.25) is 9.59 Å². The number of piperidine rings is 1. The van der Waals surface area contributed by atoms with Crippen molar-refractivity contribution in [1.29, 1.82) is 0 Å². The predicted molar refractivity (Wildman–Crippen MR) is 140 cm³/mol. The Hall–Kier alpha value is -3.28. The molecule has 41 heavy (non-hydrogen) atoms. The number of rotatable bonds is 5. The van der Waals surface area contributed by atoms with Gasteiger partial charge in [0.2, 0.25) is 5.91 Å². The van der Waals surface area contributed by atoms with Crippen LogP contribution in [0.3, 0.4) is 0 Å². The molecule has 2 amide bonds. The van der Waals surface area contributed by atoms with Gasteiger partial charge < -0.3 is 19.6 Å². The number of aryl methyl sites for hydroxylation is 1. The summed E-state index contributed by atoms with van der Waals surface area (Å²) < 4.78 is 80.3. The van der Waals surface area contributed by atoms with Crippen LogP contribution in [0.2, 0.25) is 0 Å². The van der Waals surface area contributed by atoms with E-state index in [9.17, 15) is 35.9 Å². The molecule has 3 saturated heterocycles. The molecule has 5 rings (SSSR count). The first-order valence-electron chi connectivity index (χ1n) is 13.7. The van der Waals surface area contributed by atoms with Crippen molar-refractivity contribution in [1.82, 2.24) is 14.7 Å². The first kappa shape index (κ1) is 29.2. The normalized spacial score (nSPS) is 20.0. The number of carbonyl (C=O) groups excluding carboxylic acids is 2. The van der Waals surface area contributed by atoms with Crippen LogP contribution in [0.4, 0.5) is 32.0 Å². The van der Waals surface area contributed by atoms with E-state index in [0.29, 0.717) is 25.3 Å². The molecule has 0 atom stereocenters. The Morgan fingerprint density at radius 2 is 1.44 bits per heavy atom. The minimum Gasteiger partial charge on any atom is -0.339 e. The summed E-state index contributed by atoms with van der Waals surface area (Å²) in [6.07, 6.45) is -7.43. The maximum atomic E-state index is 14.0. The van der Waals surface area contributed by atoms with E-state index in [1.54, 1.807) is 0 Å². The lowest BCUT2D eigenvalue weighted by atomic mass is 9.84. The van der Waals surface area contributed by atoms with Crippen molar-refractivity contribution in [3.8, 4) is 0 Å². The lowest BCUT2D eigenvalue weighted by molar-refractivity contribution is -0.143. The molecule has 2 aromatic rings. The van der Waals surface area contributed by atoms with Crippen molar-refractivity contribution in [2.75, 3.05) is 50.8 Å². The van der Waals surface area contributed by atoms with E-state index < -0.39 is 40.5 Å². The molecule has 6 nitrogen and oxygen atoms in total. The summed E-state index contributed by atoms with van der Waals surface area (Å²) in [6.45, 7) is 5.66. The van der Waals surface area contributed by atoms with Crippen molar-refractivity contribution in [3.05, 3.63) is 64.7 Å². The number of nitrogens with zero attached hydrogens (tertiary/aromatic N) is 4. The highest BCUT2D eigenvalue weighted by molar-refractivity contribution is 5.96. The number of para-hydroxylation sites is 1. The molecule has 12 heteroatoms. The second-order valence-corrected chi connectivity index (χ2v) is 11.1. The van der Waals surface area contributed by atoms with Crippen LogP contribution in [0.25, 0.3) is 0 Å². The van der Waals surface area contributed by atoms with Crippen LogP contribution in [0.1, 0.15) is 52.7 Å². The predicted octanol–water partition coefficient (Wildman–Crippen LogP) is 5.41. The van der Waals surface area contributed by atoms with Crippen LogP contribution in [0, 0.1) is 6.92 Å². The number of amides is 2. The number of alkyl halides is 6. The molecule has 0 unspecified atom stereocenters. The van der Waals surface area contributed by atoms with Crippen LogP contribution in [0.5, 0.6) is 0 Å². The molecule has 222 valence electrons. The molecule has 0 aliphatic carbocycles. The lowest BCUT2D eigenvalue weighted by Crippen LogP contribution is -2.57. The number of hydrogen-bond acceptors (Lipinski definition) is 4. The van der Waals surface area contributed by atoms with E-state index in [2.05, 4.69) is 9.80 Å². The van der Waals surface area contributed by atoms with E-state index in [-0.39, 0.29) is 37.9 Å². The van der Waals surface area contributed by atoms with Crippen molar-refractivity contribution in [3.63, 3.8) is 0 Å². The van der Waals surface area contributed by atoms with Gasteiger partial charge in [-0.2, -0.15) is 26.3 Å². The van der Waals surface area contributed by atoms with Crippen LogP contribution in [-0.2, 0) is 17.1 Å². The molecule has 3 fully saturated rings. The summed E-state index contributed by atoms with van der Waals surface area (Å²) in [7, 11) is 0. The van der Waals surface area contributed by atoms with Gasteiger partial charge in [0.1, 0.15) is 5.54 Å². The molecule has 0 bridgehead atoms. The van der Waals surface area contributed by atoms with Gasteiger partial charge in [-0.15, -0.1) is 0 Å². The molecular formula is C29H32F6N4O2. The number of likely N-dealkylation sites (tertiary alicyclic amines) is 2. The van der Waals surface area contributed by atoms with Crippen LogP contribution in [0.15, 0.2) is 42.5 Å². The smallest absolute Gasteiger partial charge is 0.339 e. The molecule has 0 saturated carbocycles. The Morgan fingerprint density at radius 1 is 0.854 bits per heavy atom. The lowest BCUT2D eigenvalue weighted by Gasteiger charge is -2.43. The number of halogens is 6. The summed E-state index contributed by atoms with van der Waals surface area (Å²) in [5.41, 5.74) is -2.84. The summed E-state index contributed by atoms with van der Waals surface area (Å²) in [6, 6.07) is 8.61. The van der Waals surface area contributed by atoms with Gasteiger partial charge in [-0.05, 0) is 75.5 Å². The van der Waals surface area contributed by atoms with E-state index in [0.717, 1.165) is 43.7 Å². The fraction of sp³-hybridized carbons (Fsp3) is 0.517. The zero-order chi connectivity index (χ0) is 29.6. The van der Waals surface area contributed by atoms with Crippen molar-refractivity contribution >= 4 is 17.5 Å². The van der Waals surface area contributed by atoms with Gasteiger partial charge in [-0.25, -0.2) is 0 Å². The first-order valence-corrected chi connectivity index (χ1v) is 13.7. The van der Waals surface area contributed by atoms with Crippen molar-refractivity contribution < 1.29 is 35.9 Å². The Bertz CT molecular complexity index is 1260. The van der Waals surface area contributed by atoms with E-state index in [4.69, 9.17) is 0 Å². The SMILES string of the molecule is Cc1ccccc1N1CN(CCN2CCCC2)C(=O)C12CCN(C(=O)c1cc(C(F)(F)F)cc(C(F)(F)F)c1)CC2. The number of benzene rings is 2. The molecule has 2 aromatic carbocycles. The van der Waals surface area contributed by atoms with E-state index >= 15 is 0 Å². The molecule has 0 aromatic heterocycles. The third-order valence-electron chi connectivity index (χ3n) is 8.52.